The molecule has 1 aromatic heterocycles. The molecule has 1 aliphatic rings. The topological polar surface area (TPSA) is 15.3 Å². The van der Waals surface area contributed by atoms with Gasteiger partial charge in [0.2, 0.25) is 0 Å². The van der Waals surface area contributed by atoms with Gasteiger partial charge in [0, 0.05) is 10.9 Å². The van der Waals surface area contributed by atoms with Crippen molar-refractivity contribution in [2.75, 3.05) is 27.2 Å². The standard InChI is InChI=1S/C14H23BrN2S/c1-17(2)9-4-3-8-16-12-6-5-7-13-11(12)10-14(15)18-13/h10,12,16H,3-9H2,1-2H3. The summed E-state index contributed by atoms with van der Waals surface area (Å²) in [5, 5.41) is 3.73. The van der Waals surface area contributed by atoms with Crippen LogP contribution in [0, 0.1) is 0 Å². The first-order valence-corrected chi connectivity index (χ1v) is 8.44. The highest BCUT2D eigenvalue weighted by Crippen LogP contribution is 2.37. The smallest absolute Gasteiger partial charge is 0.0704 e. The highest BCUT2D eigenvalue weighted by molar-refractivity contribution is 9.11. The summed E-state index contributed by atoms with van der Waals surface area (Å²) in [5.74, 6) is 0. The predicted octanol–water partition coefficient (Wildman–Crippen LogP) is 3.82. The number of hydrogen-bond acceptors (Lipinski definition) is 3. The number of fused-ring (bicyclic) bond motifs is 1. The Kier molecular flexibility index (Phi) is 5.67. The van der Waals surface area contributed by atoms with E-state index in [4.69, 9.17) is 0 Å². The van der Waals surface area contributed by atoms with Crippen LogP contribution < -0.4 is 5.32 Å². The predicted molar refractivity (Wildman–Crippen MR) is 83.5 cm³/mol. The Morgan fingerprint density at radius 1 is 1.44 bits per heavy atom. The number of aryl methyl sites for hydroxylation is 1. The molecule has 2 nitrogen and oxygen atoms in total. The van der Waals surface area contributed by atoms with Gasteiger partial charge in [-0.3, -0.25) is 0 Å². The van der Waals surface area contributed by atoms with Gasteiger partial charge in [-0.1, -0.05) is 0 Å². The molecule has 102 valence electrons. The summed E-state index contributed by atoms with van der Waals surface area (Å²) in [7, 11) is 4.29. The summed E-state index contributed by atoms with van der Waals surface area (Å²) in [6.45, 7) is 2.34. The van der Waals surface area contributed by atoms with Gasteiger partial charge in [0.1, 0.15) is 0 Å². The summed E-state index contributed by atoms with van der Waals surface area (Å²) in [6.07, 6.45) is 6.45. The fourth-order valence-electron chi connectivity index (χ4n) is 2.56. The molecule has 1 atom stereocenters. The van der Waals surface area contributed by atoms with E-state index in [1.54, 1.807) is 10.4 Å². The fourth-order valence-corrected chi connectivity index (χ4v) is 4.38. The number of hydrogen-bond donors (Lipinski definition) is 1. The number of unbranched alkanes of at least 4 members (excludes halogenated alkanes) is 1. The van der Waals surface area contributed by atoms with Crippen LogP contribution in [0.5, 0.6) is 0 Å². The molecule has 1 unspecified atom stereocenters. The molecule has 0 aliphatic heterocycles. The molecule has 0 saturated heterocycles. The van der Waals surface area contributed by atoms with Gasteiger partial charge in [-0.05, 0) is 86.8 Å². The van der Waals surface area contributed by atoms with Crippen molar-refractivity contribution in [3.8, 4) is 0 Å². The number of rotatable bonds is 6. The largest absolute Gasteiger partial charge is 0.310 e. The molecule has 0 amide bonds. The molecule has 1 aliphatic carbocycles. The van der Waals surface area contributed by atoms with Gasteiger partial charge in [-0.2, -0.15) is 0 Å². The second kappa shape index (κ2) is 7.04. The molecule has 0 spiro atoms. The lowest BCUT2D eigenvalue weighted by molar-refractivity contribution is 0.383. The van der Waals surface area contributed by atoms with Crippen LogP contribution in [-0.4, -0.2) is 32.1 Å². The van der Waals surface area contributed by atoms with E-state index in [2.05, 4.69) is 46.3 Å². The van der Waals surface area contributed by atoms with Crippen LogP contribution in [-0.2, 0) is 6.42 Å². The molecule has 1 heterocycles. The highest BCUT2D eigenvalue weighted by Gasteiger charge is 2.21. The fraction of sp³-hybridized carbons (Fsp3) is 0.714. The zero-order chi connectivity index (χ0) is 13.0. The van der Waals surface area contributed by atoms with E-state index in [-0.39, 0.29) is 0 Å². The van der Waals surface area contributed by atoms with Crippen molar-refractivity contribution in [2.45, 2.75) is 38.1 Å². The van der Waals surface area contributed by atoms with Crippen molar-refractivity contribution in [1.82, 2.24) is 10.2 Å². The highest BCUT2D eigenvalue weighted by atomic mass is 79.9. The first kappa shape index (κ1) is 14.5. The second-order valence-electron chi connectivity index (χ2n) is 5.34. The second-order valence-corrected chi connectivity index (χ2v) is 7.85. The van der Waals surface area contributed by atoms with Crippen molar-refractivity contribution in [1.29, 1.82) is 0 Å². The normalized spacial score (nSPS) is 19.2. The minimum atomic E-state index is 0.593. The van der Waals surface area contributed by atoms with Crippen molar-refractivity contribution in [3.05, 3.63) is 20.3 Å². The van der Waals surface area contributed by atoms with Crippen LogP contribution >= 0.6 is 27.3 Å². The minimum Gasteiger partial charge on any atom is -0.310 e. The number of nitrogens with zero attached hydrogens (tertiary/aromatic N) is 1. The SMILES string of the molecule is CN(C)CCCCNC1CCCc2sc(Br)cc21. The van der Waals surface area contributed by atoms with Gasteiger partial charge in [-0.15, -0.1) is 11.3 Å². The van der Waals surface area contributed by atoms with E-state index < -0.39 is 0 Å². The summed E-state index contributed by atoms with van der Waals surface area (Å²) >= 11 is 5.53. The summed E-state index contributed by atoms with van der Waals surface area (Å²) in [4.78, 5) is 3.84. The maximum atomic E-state index is 3.73. The summed E-state index contributed by atoms with van der Waals surface area (Å²) in [5.41, 5.74) is 1.55. The van der Waals surface area contributed by atoms with E-state index in [0.29, 0.717) is 6.04 Å². The first-order chi connectivity index (χ1) is 8.66. The molecular formula is C14H23BrN2S. The first-order valence-electron chi connectivity index (χ1n) is 6.83. The van der Waals surface area contributed by atoms with Gasteiger partial charge in [0.25, 0.3) is 0 Å². The van der Waals surface area contributed by atoms with E-state index in [1.165, 1.54) is 42.4 Å². The third-order valence-electron chi connectivity index (χ3n) is 3.51. The number of nitrogens with one attached hydrogen (secondary N) is 1. The molecule has 0 saturated carbocycles. The lowest BCUT2D eigenvalue weighted by Crippen LogP contribution is -2.25. The molecule has 1 aromatic rings. The zero-order valence-electron chi connectivity index (χ0n) is 11.3. The van der Waals surface area contributed by atoms with E-state index in [9.17, 15) is 0 Å². The molecule has 18 heavy (non-hydrogen) atoms. The Morgan fingerprint density at radius 2 is 2.28 bits per heavy atom. The Labute approximate surface area is 123 Å². The molecule has 1 N–H and O–H groups in total. The van der Waals surface area contributed by atoms with Gasteiger partial charge in [-0.25, -0.2) is 0 Å². The Morgan fingerprint density at radius 3 is 3.06 bits per heavy atom. The lowest BCUT2D eigenvalue weighted by Gasteiger charge is -2.23. The molecule has 0 bridgehead atoms. The van der Waals surface area contributed by atoms with Crippen molar-refractivity contribution < 1.29 is 0 Å². The van der Waals surface area contributed by atoms with Crippen LogP contribution in [0.15, 0.2) is 9.85 Å². The van der Waals surface area contributed by atoms with Gasteiger partial charge >= 0.3 is 0 Å². The Bertz CT molecular complexity index is 376. The van der Waals surface area contributed by atoms with Gasteiger partial charge < -0.3 is 10.2 Å². The maximum absolute atomic E-state index is 3.73. The quantitative estimate of drug-likeness (QED) is 0.797. The number of halogens is 1. The third kappa shape index (κ3) is 4.05. The van der Waals surface area contributed by atoms with E-state index in [1.807, 2.05) is 11.3 Å². The maximum Gasteiger partial charge on any atom is 0.0704 e. The number of thiophene rings is 1. The Hall–Kier alpha value is 0.100. The average molecular weight is 331 g/mol. The van der Waals surface area contributed by atoms with E-state index >= 15 is 0 Å². The van der Waals surface area contributed by atoms with Crippen molar-refractivity contribution in [2.24, 2.45) is 0 Å². The third-order valence-corrected chi connectivity index (χ3v) is 5.22. The molecule has 4 heteroatoms. The van der Waals surface area contributed by atoms with E-state index in [0.717, 1.165) is 6.54 Å². The lowest BCUT2D eigenvalue weighted by atomic mass is 9.94. The Balaban J connectivity index is 1.77. The molecule has 0 fully saturated rings. The van der Waals surface area contributed by atoms with Gasteiger partial charge in [0.15, 0.2) is 0 Å². The molecule has 0 radical (unpaired) electrons. The van der Waals surface area contributed by atoms with Crippen molar-refractivity contribution in [3.63, 3.8) is 0 Å². The summed E-state index contributed by atoms with van der Waals surface area (Å²) < 4.78 is 1.29. The molecule has 2 rings (SSSR count). The molecule has 0 aromatic carbocycles. The van der Waals surface area contributed by atoms with Crippen molar-refractivity contribution >= 4 is 27.3 Å². The zero-order valence-corrected chi connectivity index (χ0v) is 13.7. The minimum absolute atomic E-state index is 0.593. The van der Waals surface area contributed by atoms with Crippen LogP contribution in [0.25, 0.3) is 0 Å². The monoisotopic (exact) mass is 330 g/mol. The summed E-state index contributed by atoms with van der Waals surface area (Å²) in [6, 6.07) is 2.91. The average Bonchev–Trinajstić information content (AvgIpc) is 2.69. The van der Waals surface area contributed by atoms with Gasteiger partial charge in [0.05, 0.1) is 3.79 Å². The van der Waals surface area contributed by atoms with Crippen LogP contribution in [0.1, 0.15) is 42.2 Å². The van der Waals surface area contributed by atoms with Crippen LogP contribution in [0.3, 0.4) is 0 Å². The molecular weight excluding hydrogens is 308 g/mol. The van der Waals surface area contributed by atoms with Crippen LogP contribution in [0.2, 0.25) is 0 Å². The van der Waals surface area contributed by atoms with Crippen LogP contribution in [0.4, 0.5) is 0 Å².